The Labute approximate surface area is 131 Å². The molecule has 0 bridgehead atoms. The number of aliphatic hydroxyl groups is 1. The summed E-state index contributed by atoms with van der Waals surface area (Å²) >= 11 is 1.18. The lowest BCUT2D eigenvalue weighted by Crippen LogP contribution is -2.47. The Morgan fingerprint density at radius 2 is 2.23 bits per heavy atom. The molecular formula is C13H13N3O4S2. The van der Waals surface area contributed by atoms with Gasteiger partial charge in [0.05, 0.1) is 5.25 Å². The first-order valence-corrected chi connectivity index (χ1v) is 8.83. The van der Waals surface area contributed by atoms with Gasteiger partial charge in [0.15, 0.2) is 5.70 Å². The number of nitrogens with zero attached hydrogens (tertiary/aromatic N) is 2. The number of thioether (sulfide) groups is 1. The third kappa shape index (κ3) is 2.26. The van der Waals surface area contributed by atoms with Gasteiger partial charge < -0.3 is 10.4 Å². The molecule has 0 spiro atoms. The Bertz CT molecular complexity index is 774. The quantitative estimate of drug-likeness (QED) is 0.836. The summed E-state index contributed by atoms with van der Waals surface area (Å²) in [6.45, 7) is 0. The first kappa shape index (κ1) is 14.9. The predicted molar refractivity (Wildman–Crippen MR) is 83.5 cm³/mol. The summed E-state index contributed by atoms with van der Waals surface area (Å²) in [4.78, 5) is 16.3. The van der Waals surface area contributed by atoms with Crippen LogP contribution in [0, 0.1) is 0 Å². The number of aromatic nitrogens is 1. The van der Waals surface area contributed by atoms with E-state index in [2.05, 4.69) is 10.3 Å². The summed E-state index contributed by atoms with van der Waals surface area (Å²) in [6, 6.07) is 4.95. The highest BCUT2D eigenvalue weighted by Crippen LogP contribution is 2.40. The molecule has 3 rings (SSSR count). The van der Waals surface area contributed by atoms with E-state index >= 15 is 0 Å². The fourth-order valence-electron chi connectivity index (χ4n) is 2.34. The minimum absolute atomic E-state index is 0.245. The number of fused-ring (bicyclic) bond motifs is 1. The van der Waals surface area contributed by atoms with Crippen LogP contribution in [0.3, 0.4) is 0 Å². The normalized spacial score (nSPS) is 26.0. The predicted octanol–water partition coefficient (Wildman–Crippen LogP) is 1.06. The highest BCUT2D eigenvalue weighted by molar-refractivity contribution is 8.04. The summed E-state index contributed by atoms with van der Waals surface area (Å²) in [7, 11) is -2.48. The lowest BCUT2D eigenvalue weighted by molar-refractivity contribution is -0.114. The van der Waals surface area contributed by atoms with Gasteiger partial charge in [-0.2, -0.15) is 0 Å². The minimum atomic E-state index is -3.73. The van der Waals surface area contributed by atoms with Crippen LogP contribution < -0.4 is 5.32 Å². The number of carbonyl (C=O) groups is 1. The molecule has 7 nitrogen and oxygen atoms in total. The molecule has 2 unspecified atom stereocenters. The Balaban J connectivity index is 1.98. The van der Waals surface area contributed by atoms with Crippen LogP contribution in [-0.4, -0.2) is 46.3 Å². The van der Waals surface area contributed by atoms with E-state index in [0.29, 0.717) is 0 Å². The van der Waals surface area contributed by atoms with E-state index in [1.807, 2.05) is 0 Å². The maximum atomic E-state index is 12.4. The number of pyridine rings is 1. The van der Waals surface area contributed by atoms with Gasteiger partial charge in [-0.1, -0.05) is 12.1 Å². The van der Waals surface area contributed by atoms with Crippen molar-refractivity contribution in [2.45, 2.75) is 10.5 Å². The van der Waals surface area contributed by atoms with Crippen molar-refractivity contribution in [2.75, 3.05) is 12.4 Å². The zero-order valence-electron chi connectivity index (χ0n) is 11.5. The Morgan fingerprint density at radius 3 is 2.91 bits per heavy atom. The van der Waals surface area contributed by atoms with Crippen molar-refractivity contribution >= 4 is 33.5 Å². The van der Waals surface area contributed by atoms with Crippen LogP contribution in [0.4, 0.5) is 5.82 Å². The summed E-state index contributed by atoms with van der Waals surface area (Å²) < 4.78 is 25.7. The smallest absolute Gasteiger partial charge is 0.277 e. The van der Waals surface area contributed by atoms with Crippen LogP contribution in [-0.2, 0) is 14.8 Å². The number of hydrogen-bond donors (Lipinski definition) is 2. The molecule has 0 saturated carbocycles. The van der Waals surface area contributed by atoms with Gasteiger partial charge >= 0.3 is 0 Å². The second-order valence-corrected chi connectivity index (χ2v) is 7.94. The minimum Gasteiger partial charge on any atom is -0.509 e. The fraction of sp³-hybridized carbons (Fsp3) is 0.231. The van der Waals surface area contributed by atoms with Crippen LogP contribution in [0.1, 0.15) is 0 Å². The molecular weight excluding hydrogens is 326 g/mol. The summed E-state index contributed by atoms with van der Waals surface area (Å²) in [6.07, 6.45) is 3.02. The maximum absolute atomic E-state index is 12.4. The third-order valence-electron chi connectivity index (χ3n) is 3.47. The number of carbonyl (C=O) groups excluding carboxylic acids is 1. The number of amides is 1. The van der Waals surface area contributed by atoms with Gasteiger partial charge in [0.1, 0.15) is 16.8 Å². The molecule has 2 N–H and O–H groups in total. The van der Waals surface area contributed by atoms with E-state index < -0.39 is 26.4 Å². The van der Waals surface area contributed by atoms with Crippen molar-refractivity contribution in [1.82, 2.24) is 9.29 Å². The molecule has 1 amide bonds. The van der Waals surface area contributed by atoms with E-state index in [9.17, 15) is 18.3 Å². The molecule has 0 saturated heterocycles. The molecule has 1 aromatic heterocycles. The molecule has 2 aliphatic heterocycles. The SMILES string of the molecule is CN1C(C(=O)Nc2ccccn2)=C(O)C2SC=CC2S1(=O)=O. The second-order valence-electron chi connectivity index (χ2n) is 4.77. The summed E-state index contributed by atoms with van der Waals surface area (Å²) in [5, 5.41) is 12.9. The van der Waals surface area contributed by atoms with E-state index in [4.69, 9.17) is 0 Å². The highest BCUT2D eigenvalue weighted by atomic mass is 32.2. The largest absolute Gasteiger partial charge is 0.509 e. The molecule has 1 aromatic rings. The molecule has 0 aliphatic carbocycles. The van der Waals surface area contributed by atoms with Crippen molar-refractivity contribution in [2.24, 2.45) is 0 Å². The lowest BCUT2D eigenvalue weighted by Gasteiger charge is -2.33. The summed E-state index contributed by atoms with van der Waals surface area (Å²) in [5.41, 5.74) is -0.275. The summed E-state index contributed by atoms with van der Waals surface area (Å²) in [5.74, 6) is -0.683. The Kier molecular flexibility index (Phi) is 3.61. The molecule has 0 aromatic carbocycles. The molecule has 3 heterocycles. The Morgan fingerprint density at radius 1 is 1.45 bits per heavy atom. The van der Waals surface area contributed by atoms with Crippen molar-refractivity contribution in [3.63, 3.8) is 0 Å². The fourth-order valence-corrected chi connectivity index (χ4v) is 5.48. The zero-order valence-corrected chi connectivity index (χ0v) is 13.1. The molecule has 0 radical (unpaired) electrons. The lowest BCUT2D eigenvalue weighted by atomic mass is 10.2. The number of anilines is 1. The number of aliphatic hydroxyl groups excluding tert-OH is 1. The average Bonchev–Trinajstić information content (AvgIpc) is 2.97. The van der Waals surface area contributed by atoms with Crippen molar-refractivity contribution in [3.8, 4) is 0 Å². The van der Waals surface area contributed by atoms with E-state index in [1.165, 1.54) is 31.1 Å². The molecule has 0 fully saturated rings. The molecule has 22 heavy (non-hydrogen) atoms. The topological polar surface area (TPSA) is 99.6 Å². The van der Waals surface area contributed by atoms with Crippen LogP contribution in [0.2, 0.25) is 0 Å². The van der Waals surface area contributed by atoms with Crippen molar-refractivity contribution in [3.05, 3.63) is 47.3 Å². The van der Waals surface area contributed by atoms with Crippen LogP contribution in [0.5, 0.6) is 0 Å². The van der Waals surface area contributed by atoms with Gasteiger partial charge in [0.2, 0.25) is 10.0 Å². The van der Waals surface area contributed by atoms with Crippen LogP contribution >= 0.6 is 11.8 Å². The number of sulfonamides is 1. The standard InChI is InChI=1S/C13H13N3O4S2/c1-16-10(13(18)15-9-4-2-3-6-14-9)11(17)12-8(5-7-21-12)22(16,19)20/h2-8,12,17H,1H3,(H,14,15,18). The monoisotopic (exact) mass is 339 g/mol. The van der Waals surface area contributed by atoms with E-state index in [0.717, 1.165) is 4.31 Å². The van der Waals surface area contributed by atoms with Gasteiger partial charge in [0.25, 0.3) is 5.91 Å². The second kappa shape index (κ2) is 5.33. The molecule has 9 heteroatoms. The number of nitrogens with one attached hydrogen (secondary N) is 1. The van der Waals surface area contributed by atoms with Crippen LogP contribution in [0.25, 0.3) is 0 Å². The van der Waals surface area contributed by atoms with Gasteiger partial charge in [0, 0.05) is 13.2 Å². The molecule has 2 aliphatic rings. The highest BCUT2D eigenvalue weighted by Gasteiger charge is 2.48. The van der Waals surface area contributed by atoms with Gasteiger partial charge in [-0.05, 0) is 17.5 Å². The first-order valence-electron chi connectivity index (χ1n) is 6.38. The van der Waals surface area contributed by atoms with Gasteiger partial charge in [-0.3, -0.25) is 9.10 Å². The first-order chi connectivity index (χ1) is 10.4. The van der Waals surface area contributed by atoms with Crippen molar-refractivity contribution in [1.29, 1.82) is 0 Å². The molecule has 2 atom stereocenters. The van der Waals surface area contributed by atoms with Gasteiger partial charge in [-0.25, -0.2) is 13.4 Å². The van der Waals surface area contributed by atoms with Gasteiger partial charge in [-0.15, -0.1) is 11.8 Å². The third-order valence-corrected chi connectivity index (χ3v) is 6.83. The van der Waals surface area contributed by atoms with Crippen LogP contribution in [0.15, 0.2) is 47.3 Å². The maximum Gasteiger partial charge on any atom is 0.277 e. The number of likely N-dealkylation sites (N-methyl/N-ethyl adjacent to an activating group) is 1. The zero-order chi connectivity index (χ0) is 15.9. The van der Waals surface area contributed by atoms with E-state index in [1.54, 1.807) is 23.6 Å². The number of hydrogen-bond acceptors (Lipinski definition) is 6. The van der Waals surface area contributed by atoms with Crippen molar-refractivity contribution < 1.29 is 18.3 Å². The number of rotatable bonds is 2. The Hall–Kier alpha value is -2.00. The average molecular weight is 339 g/mol. The molecule has 116 valence electrons. The van der Waals surface area contributed by atoms with E-state index in [-0.39, 0.29) is 17.3 Å².